The van der Waals surface area contributed by atoms with E-state index in [4.69, 9.17) is 10.5 Å². The molecule has 0 radical (unpaired) electrons. The first-order valence-corrected chi connectivity index (χ1v) is 5.19. The van der Waals surface area contributed by atoms with Gasteiger partial charge in [0.2, 0.25) is 0 Å². The molecule has 0 heterocycles. The first kappa shape index (κ1) is 13.8. The first-order valence-electron chi connectivity index (χ1n) is 5.19. The SMILES string of the molecule is COc1c(C(F)(F)F)cccc1C(C)(C)CN. The molecule has 0 unspecified atom stereocenters. The zero-order chi connectivity index (χ0) is 13.3. The molecule has 5 heteroatoms. The summed E-state index contributed by atoms with van der Waals surface area (Å²) in [6.07, 6.45) is -4.42. The number of halogens is 3. The fourth-order valence-electron chi connectivity index (χ4n) is 1.62. The van der Waals surface area contributed by atoms with Gasteiger partial charge in [0.05, 0.1) is 12.7 Å². The van der Waals surface area contributed by atoms with E-state index in [2.05, 4.69) is 0 Å². The van der Waals surface area contributed by atoms with Crippen LogP contribution in [0.25, 0.3) is 0 Å². The van der Waals surface area contributed by atoms with Crippen LogP contribution in [0.1, 0.15) is 25.0 Å². The van der Waals surface area contributed by atoms with Gasteiger partial charge in [-0.15, -0.1) is 0 Å². The van der Waals surface area contributed by atoms with Crippen LogP contribution in [0.3, 0.4) is 0 Å². The standard InChI is InChI=1S/C12H16F3NO/c1-11(2,7-16)8-5-4-6-9(10(8)17-3)12(13,14)15/h4-6H,7,16H2,1-3H3. The highest BCUT2D eigenvalue weighted by atomic mass is 19.4. The molecule has 17 heavy (non-hydrogen) atoms. The number of para-hydroxylation sites is 1. The number of alkyl halides is 3. The van der Waals surface area contributed by atoms with Gasteiger partial charge >= 0.3 is 6.18 Å². The third-order valence-electron chi connectivity index (χ3n) is 2.76. The molecule has 0 amide bonds. The molecule has 2 nitrogen and oxygen atoms in total. The minimum absolute atomic E-state index is 0.143. The third-order valence-corrected chi connectivity index (χ3v) is 2.76. The van der Waals surface area contributed by atoms with E-state index in [9.17, 15) is 13.2 Å². The number of nitrogens with two attached hydrogens (primary N) is 1. The summed E-state index contributed by atoms with van der Waals surface area (Å²) in [6, 6.07) is 3.99. The van der Waals surface area contributed by atoms with E-state index in [-0.39, 0.29) is 12.3 Å². The molecule has 2 N–H and O–H groups in total. The maximum Gasteiger partial charge on any atom is 0.419 e. The van der Waals surface area contributed by atoms with Gasteiger partial charge in [0.1, 0.15) is 5.75 Å². The van der Waals surface area contributed by atoms with Crippen molar-refractivity contribution in [1.82, 2.24) is 0 Å². The molecule has 96 valence electrons. The van der Waals surface area contributed by atoms with Crippen LogP contribution >= 0.6 is 0 Å². The van der Waals surface area contributed by atoms with Crippen molar-refractivity contribution >= 4 is 0 Å². The van der Waals surface area contributed by atoms with E-state index in [1.165, 1.54) is 13.2 Å². The van der Waals surface area contributed by atoms with E-state index >= 15 is 0 Å². The number of hydrogen-bond donors (Lipinski definition) is 1. The van der Waals surface area contributed by atoms with Crippen molar-refractivity contribution in [1.29, 1.82) is 0 Å². The molecule has 0 bridgehead atoms. The average molecular weight is 247 g/mol. The fourth-order valence-corrected chi connectivity index (χ4v) is 1.62. The summed E-state index contributed by atoms with van der Waals surface area (Å²) < 4.78 is 43.3. The second-order valence-electron chi connectivity index (χ2n) is 4.47. The predicted octanol–water partition coefficient (Wildman–Crippen LogP) is 2.95. The van der Waals surface area contributed by atoms with E-state index in [0.29, 0.717) is 5.56 Å². The quantitative estimate of drug-likeness (QED) is 0.891. The molecule has 1 aromatic rings. The van der Waals surface area contributed by atoms with Crippen molar-refractivity contribution < 1.29 is 17.9 Å². The zero-order valence-corrected chi connectivity index (χ0v) is 10.1. The Labute approximate surface area is 98.6 Å². The van der Waals surface area contributed by atoms with Crippen molar-refractivity contribution in [2.24, 2.45) is 5.73 Å². The Hall–Kier alpha value is -1.23. The second kappa shape index (κ2) is 4.56. The van der Waals surface area contributed by atoms with E-state index in [1.807, 2.05) is 0 Å². The Morgan fingerprint density at radius 1 is 1.18 bits per heavy atom. The van der Waals surface area contributed by atoms with Gasteiger partial charge in [-0.25, -0.2) is 0 Å². The summed E-state index contributed by atoms with van der Waals surface area (Å²) in [5, 5.41) is 0. The second-order valence-corrected chi connectivity index (χ2v) is 4.47. The Balaban J connectivity index is 3.44. The van der Waals surface area contributed by atoms with Gasteiger partial charge < -0.3 is 10.5 Å². The largest absolute Gasteiger partial charge is 0.496 e. The number of benzene rings is 1. The van der Waals surface area contributed by atoms with Crippen LogP contribution in [-0.2, 0) is 11.6 Å². The van der Waals surface area contributed by atoms with Gasteiger partial charge in [-0.3, -0.25) is 0 Å². The van der Waals surface area contributed by atoms with Gasteiger partial charge in [0, 0.05) is 17.5 Å². The van der Waals surface area contributed by atoms with Crippen molar-refractivity contribution in [3.8, 4) is 5.75 Å². The summed E-state index contributed by atoms with van der Waals surface area (Å²) in [4.78, 5) is 0. The molecule has 0 spiro atoms. The monoisotopic (exact) mass is 247 g/mol. The number of ether oxygens (including phenoxy) is 1. The van der Waals surface area contributed by atoms with Crippen LogP contribution in [0, 0.1) is 0 Å². The minimum atomic E-state index is -4.42. The lowest BCUT2D eigenvalue weighted by Gasteiger charge is -2.27. The van der Waals surface area contributed by atoms with Crippen molar-refractivity contribution in [2.75, 3.05) is 13.7 Å². The summed E-state index contributed by atoms with van der Waals surface area (Å²) in [5.74, 6) is -0.143. The zero-order valence-electron chi connectivity index (χ0n) is 10.1. The average Bonchev–Trinajstić information content (AvgIpc) is 2.26. The molecule has 1 rings (SSSR count). The lowest BCUT2D eigenvalue weighted by atomic mass is 9.83. The first-order chi connectivity index (χ1) is 7.74. The maximum atomic E-state index is 12.8. The molecular formula is C12H16F3NO. The van der Waals surface area contributed by atoms with Crippen LogP contribution in [-0.4, -0.2) is 13.7 Å². The highest BCUT2D eigenvalue weighted by molar-refractivity contribution is 5.47. The predicted molar refractivity (Wildman–Crippen MR) is 60.1 cm³/mol. The van der Waals surface area contributed by atoms with Crippen LogP contribution in [0.5, 0.6) is 5.75 Å². The summed E-state index contributed by atoms with van der Waals surface area (Å²) in [7, 11) is 1.24. The number of rotatable bonds is 3. The lowest BCUT2D eigenvalue weighted by molar-refractivity contribution is -0.138. The van der Waals surface area contributed by atoms with Gasteiger partial charge in [0.15, 0.2) is 0 Å². The van der Waals surface area contributed by atoms with E-state index in [0.717, 1.165) is 6.07 Å². The molecule has 1 aromatic carbocycles. The highest BCUT2D eigenvalue weighted by Gasteiger charge is 2.37. The Morgan fingerprint density at radius 2 is 1.71 bits per heavy atom. The maximum absolute atomic E-state index is 12.8. The molecule has 0 aromatic heterocycles. The molecule has 0 saturated heterocycles. The van der Waals surface area contributed by atoms with E-state index in [1.54, 1.807) is 19.9 Å². The van der Waals surface area contributed by atoms with Gasteiger partial charge in [-0.2, -0.15) is 13.2 Å². The smallest absolute Gasteiger partial charge is 0.419 e. The number of hydrogen-bond acceptors (Lipinski definition) is 2. The molecule has 0 aliphatic carbocycles. The summed E-state index contributed by atoms with van der Waals surface area (Å²) >= 11 is 0. The molecule has 0 fully saturated rings. The van der Waals surface area contributed by atoms with Crippen LogP contribution < -0.4 is 10.5 Å². The minimum Gasteiger partial charge on any atom is -0.496 e. The number of methoxy groups -OCH3 is 1. The van der Waals surface area contributed by atoms with Gasteiger partial charge in [-0.05, 0) is 6.07 Å². The topological polar surface area (TPSA) is 35.2 Å². The van der Waals surface area contributed by atoms with Crippen molar-refractivity contribution in [2.45, 2.75) is 25.4 Å². The molecule has 0 aliphatic rings. The molecule has 0 saturated carbocycles. The Morgan fingerprint density at radius 3 is 2.12 bits per heavy atom. The van der Waals surface area contributed by atoms with Crippen LogP contribution in [0.2, 0.25) is 0 Å². The van der Waals surface area contributed by atoms with Crippen molar-refractivity contribution in [3.05, 3.63) is 29.3 Å². The van der Waals surface area contributed by atoms with E-state index < -0.39 is 17.2 Å². The summed E-state index contributed by atoms with van der Waals surface area (Å²) in [6.45, 7) is 3.81. The van der Waals surface area contributed by atoms with Crippen LogP contribution in [0.4, 0.5) is 13.2 Å². The van der Waals surface area contributed by atoms with Gasteiger partial charge in [-0.1, -0.05) is 26.0 Å². The van der Waals surface area contributed by atoms with Gasteiger partial charge in [0.25, 0.3) is 0 Å². The fraction of sp³-hybridized carbons (Fsp3) is 0.500. The Bertz CT molecular complexity index is 399. The third kappa shape index (κ3) is 2.72. The van der Waals surface area contributed by atoms with Crippen LogP contribution in [0.15, 0.2) is 18.2 Å². The summed E-state index contributed by atoms with van der Waals surface area (Å²) in [5.41, 5.74) is 4.73. The normalized spacial score (nSPS) is 12.6. The highest BCUT2D eigenvalue weighted by Crippen LogP contribution is 2.41. The Kier molecular flexibility index (Phi) is 3.71. The molecule has 0 atom stereocenters. The molecular weight excluding hydrogens is 231 g/mol. The lowest BCUT2D eigenvalue weighted by Crippen LogP contribution is -2.29. The molecule has 0 aliphatic heterocycles. The van der Waals surface area contributed by atoms with Crippen molar-refractivity contribution in [3.63, 3.8) is 0 Å².